The fraction of sp³-hybridized carbons (Fsp3) is 0.476. The van der Waals surface area contributed by atoms with Crippen LogP contribution in [0.25, 0.3) is 11.1 Å². The largest absolute Gasteiger partial charge is 0.354 e. The molecule has 132 valence electrons. The molecule has 2 heterocycles. The summed E-state index contributed by atoms with van der Waals surface area (Å²) in [5, 5.41) is 4.23. The number of anilines is 1. The number of aryl methyl sites for hydroxylation is 1. The molecule has 1 aliphatic carbocycles. The van der Waals surface area contributed by atoms with Crippen LogP contribution in [-0.4, -0.2) is 31.2 Å². The van der Waals surface area contributed by atoms with Crippen molar-refractivity contribution in [2.45, 2.75) is 38.5 Å². The summed E-state index contributed by atoms with van der Waals surface area (Å²) in [7, 11) is 0. The normalized spacial score (nSPS) is 18.4. The maximum Gasteiger partial charge on any atom is 0.129 e. The molecule has 1 aliphatic heterocycles. The van der Waals surface area contributed by atoms with Crippen molar-refractivity contribution in [3.05, 3.63) is 46.6 Å². The van der Waals surface area contributed by atoms with Crippen LogP contribution in [0.4, 0.5) is 5.82 Å². The van der Waals surface area contributed by atoms with Gasteiger partial charge in [0, 0.05) is 36.9 Å². The number of hydrogen-bond donors (Lipinski definition) is 1. The Morgan fingerprint density at radius 3 is 2.40 bits per heavy atom. The van der Waals surface area contributed by atoms with Crippen LogP contribution in [0.5, 0.6) is 0 Å². The molecule has 1 N–H and O–H groups in total. The lowest BCUT2D eigenvalue weighted by Gasteiger charge is -2.30. The number of halogens is 1. The van der Waals surface area contributed by atoms with E-state index in [9.17, 15) is 0 Å². The Balaban J connectivity index is 1.80. The molecule has 0 amide bonds. The molecule has 0 saturated carbocycles. The molecule has 0 spiro atoms. The molecule has 3 nitrogen and oxygen atoms in total. The molecule has 1 fully saturated rings. The first kappa shape index (κ1) is 16.9. The summed E-state index contributed by atoms with van der Waals surface area (Å²) in [6, 6.07) is 10.6. The van der Waals surface area contributed by atoms with E-state index in [-0.39, 0.29) is 0 Å². The van der Waals surface area contributed by atoms with Gasteiger partial charge in [-0.25, -0.2) is 4.98 Å². The highest BCUT2D eigenvalue weighted by Gasteiger charge is 2.19. The van der Waals surface area contributed by atoms with Gasteiger partial charge in [0.15, 0.2) is 0 Å². The van der Waals surface area contributed by atoms with Gasteiger partial charge in [-0.15, -0.1) is 0 Å². The van der Waals surface area contributed by atoms with E-state index >= 15 is 0 Å². The summed E-state index contributed by atoms with van der Waals surface area (Å²) in [6.07, 6.45) is 7.43. The first-order valence-electron chi connectivity index (χ1n) is 9.56. The first-order chi connectivity index (χ1) is 12.3. The summed E-state index contributed by atoms with van der Waals surface area (Å²) >= 11 is 6.12. The number of hydrogen-bond acceptors (Lipinski definition) is 3. The third-order valence-corrected chi connectivity index (χ3v) is 5.63. The van der Waals surface area contributed by atoms with Crippen LogP contribution in [0.2, 0.25) is 5.02 Å². The van der Waals surface area contributed by atoms with Gasteiger partial charge in [0.2, 0.25) is 0 Å². The quantitative estimate of drug-likeness (QED) is 0.861. The van der Waals surface area contributed by atoms with Crippen molar-refractivity contribution >= 4 is 17.4 Å². The maximum absolute atomic E-state index is 6.12. The van der Waals surface area contributed by atoms with Gasteiger partial charge in [0.05, 0.1) is 0 Å². The first-order valence-corrected chi connectivity index (χ1v) is 9.93. The van der Waals surface area contributed by atoms with Crippen LogP contribution in [0, 0.1) is 0 Å². The molecule has 1 aromatic heterocycles. The topological polar surface area (TPSA) is 28.2 Å². The molecule has 2 aromatic rings. The van der Waals surface area contributed by atoms with Crippen molar-refractivity contribution in [1.29, 1.82) is 0 Å². The SMILES string of the molecule is Clc1ccc(-c2cc(N3CCNCC3)nc3c2CCCCCC3)cc1. The zero-order valence-corrected chi connectivity index (χ0v) is 15.5. The molecule has 1 saturated heterocycles. The zero-order chi connectivity index (χ0) is 17.1. The predicted molar refractivity (Wildman–Crippen MR) is 106 cm³/mol. The van der Waals surface area contributed by atoms with E-state index in [1.165, 1.54) is 48.1 Å². The lowest BCUT2D eigenvalue weighted by molar-refractivity contribution is 0.580. The van der Waals surface area contributed by atoms with Crippen molar-refractivity contribution in [2.24, 2.45) is 0 Å². The second-order valence-electron chi connectivity index (χ2n) is 7.11. The van der Waals surface area contributed by atoms with Crippen LogP contribution < -0.4 is 10.2 Å². The molecule has 1 aromatic carbocycles. The summed E-state index contributed by atoms with van der Waals surface area (Å²) in [5.41, 5.74) is 5.40. The molecule has 0 unspecified atom stereocenters. The molecule has 0 bridgehead atoms. The fourth-order valence-electron chi connectivity index (χ4n) is 3.99. The highest BCUT2D eigenvalue weighted by atomic mass is 35.5. The van der Waals surface area contributed by atoms with Crippen molar-refractivity contribution in [2.75, 3.05) is 31.1 Å². The van der Waals surface area contributed by atoms with Gasteiger partial charge in [-0.1, -0.05) is 36.6 Å². The van der Waals surface area contributed by atoms with Gasteiger partial charge in [-0.2, -0.15) is 0 Å². The number of rotatable bonds is 2. The van der Waals surface area contributed by atoms with Crippen LogP contribution in [0.1, 0.15) is 36.9 Å². The minimum absolute atomic E-state index is 0.794. The average molecular weight is 356 g/mol. The zero-order valence-electron chi connectivity index (χ0n) is 14.7. The smallest absolute Gasteiger partial charge is 0.129 e. The number of nitrogens with zero attached hydrogens (tertiary/aromatic N) is 2. The van der Waals surface area contributed by atoms with Gasteiger partial charge in [0.25, 0.3) is 0 Å². The van der Waals surface area contributed by atoms with Gasteiger partial charge in [-0.3, -0.25) is 0 Å². The van der Waals surface area contributed by atoms with Crippen LogP contribution in [0.15, 0.2) is 30.3 Å². The van der Waals surface area contributed by atoms with E-state index in [0.29, 0.717) is 0 Å². The monoisotopic (exact) mass is 355 g/mol. The third-order valence-electron chi connectivity index (χ3n) is 5.38. The van der Waals surface area contributed by atoms with Gasteiger partial charge in [-0.05, 0) is 60.6 Å². The molecule has 2 aliphatic rings. The minimum Gasteiger partial charge on any atom is -0.354 e. The Morgan fingerprint density at radius 2 is 1.64 bits per heavy atom. The van der Waals surface area contributed by atoms with Crippen molar-refractivity contribution in [3.8, 4) is 11.1 Å². The van der Waals surface area contributed by atoms with E-state index in [0.717, 1.165) is 49.9 Å². The average Bonchev–Trinajstić information content (AvgIpc) is 2.63. The molecular weight excluding hydrogens is 330 g/mol. The third kappa shape index (κ3) is 3.83. The summed E-state index contributed by atoms with van der Waals surface area (Å²) in [4.78, 5) is 7.54. The van der Waals surface area contributed by atoms with Crippen molar-refractivity contribution in [3.63, 3.8) is 0 Å². The predicted octanol–water partition coefficient (Wildman–Crippen LogP) is 4.47. The fourth-order valence-corrected chi connectivity index (χ4v) is 4.11. The number of nitrogens with one attached hydrogen (secondary N) is 1. The minimum atomic E-state index is 0.794. The van der Waals surface area contributed by atoms with Gasteiger partial charge in [0.1, 0.15) is 5.82 Å². The molecule has 0 atom stereocenters. The Labute approximate surface area is 155 Å². The second kappa shape index (κ2) is 7.76. The molecule has 4 heteroatoms. The number of aromatic nitrogens is 1. The van der Waals surface area contributed by atoms with E-state index < -0.39 is 0 Å². The summed E-state index contributed by atoms with van der Waals surface area (Å²) in [5.74, 6) is 1.14. The number of benzene rings is 1. The van der Waals surface area contributed by atoms with E-state index in [1.807, 2.05) is 12.1 Å². The molecule has 0 radical (unpaired) electrons. The molecule has 25 heavy (non-hydrogen) atoms. The summed E-state index contributed by atoms with van der Waals surface area (Å²) < 4.78 is 0. The number of fused-ring (bicyclic) bond motifs is 1. The Bertz CT molecular complexity index is 721. The number of piperazine rings is 1. The van der Waals surface area contributed by atoms with Gasteiger partial charge < -0.3 is 10.2 Å². The maximum atomic E-state index is 6.12. The Kier molecular flexibility index (Phi) is 5.23. The van der Waals surface area contributed by atoms with E-state index in [1.54, 1.807) is 0 Å². The van der Waals surface area contributed by atoms with E-state index in [2.05, 4.69) is 28.4 Å². The highest BCUT2D eigenvalue weighted by molar-refractivity contribution is 6.30. The lowest BCUT2D eigenvalue weighted by Crippen LogP contribution is -2.44. The standard InChI is InChI=1S/C21H26ClN3/c22-17-9-7-16(8-10-17)19-15-21(25-13-11-23-12-14-25)24-20-6-4-2-1-3-5-18(19)20/h7-10,15,23H,1-6,11-14H2. The Morgan fingerprint density at radius 1 is 0.920 bits per heavy atom. The van der Waals surface area contributed by atoms with Crippen LogP contribution >= 0.6 is 11.6 Å². The number of pyridine rings is 1. The van der Waals surface area contributed by atoms with Crippen LogP contribution in [0.3, 0.4) is 0 Å². The van der Waals surface area contributed by atoms with E-state index in [4.69, 9.17) is 16.6 Å². The molecular formula is C21H26ClN3. The van der Waals surface area contributed by atoms with Crippen LogP contribution in [-0.2, 0) is 12.8 Å². The van der Waals surface area contributed by atoms with Crippen molar-refractivity contribution in [1.82, 2.24) is 10.3 Å². The van der Waals surface area contributed by atoms with Crippen molar-refractivity contribution < 1.29 is 0 Å². The molecule has 4 rings (SSSR count). The lowest BCUT2D eigenvalue weighted by atomic mass is 9.90. The summed E-state index contributed by atoms with van der Waals surface area (Å²) in [6.45, 7) is 4.14. The highest BCUT2D eigenvalue weighted by Crippen LogP contribution is 2.33. The Hall–Kier alpha value is -1.58. The second-order valence-corrected chi connectivity index (χ2v) is 7.55. The van der Waals surface area contributed by atoms with Gasteiger partial charge >= 0.3 is 0 Å².